The van der Waals surface area contributed by atoms with Crippen LogP contribution in [0.5, 0.6) is 0 Å². The van der Waals surface area contributed by atoms with Gasteiger partial charge in [0.1, 0.15) is 11.6 Å². The molecule has 3 N–H and O–H groups in total. The van der Waals surface area contributed by atoms with E-state index in [4.69, 9.17) is 0 Å². The number of benzene rings is 2. The van der Waals surface area contributed by atoms with Crippen molar-refractivity contribution in [2.24, 2.45) is 5.92 Å². The first-order valence-corrected chi connectivity index (χ1v) is 15.6. The van der Waals surface area contributed by atoms with Gasteiger partial charge in [-0.3, -0.25) is 14.5 Å². The third-order valence-electron chi connectivity index (χ3n) is 9.46. The van der Waals surface area contributed by atoms with Crippen LogP contribution in [0.25, 0.3) is 0 Å². The highest BCUT2D eigenvalue weighted by Gasteiger charge is 2.55. The van der Waals surface area contributed by atoms with Gasteiger partial charge in [-0.2, -0.15) is 0 Å². The monoisotopic (exact) mass is 560 g/mol. The van der Waals surface area contributed by atoms with Gasteiger partial charge in [-0.15, -0.1) is 0 Å². The minimum atomic E-state index is -0.788. The normalized spacial score (nSPS) is 23.3. The molecule has 0 aromatic heterocycles. The third-order valence-corrected chi connectivity index (χ3v) is 9.46. The molecule has 41 heavy (non-hydrogen) atoms. The van der Waals surface area contributed by atoms with Crippen molar-refractivity contribution < 1.29 is 14.7 Å². The second-order valence-corrected chi connectivity index (χ2v) is 12.9. The zero-order valence-electron chi connectivity index (χ0n) is 25.0. The topological polar surface area (TPSA) is 84.9 Å². The highest BCUT2D eigenvalue weighted by molar-refractivity contribution is 5.94. The predicted octanol–water partition coefficient (Wildman–Crippen LogP) is 3.85. The SMILES string of the molecule is CC(C)c1cccc(CNC[C@H](O)[C@H](Cc2ccccc2)NC(=O)[C@H](C)N2CC[C@@]3(CCCN3CC3CC3)C2=O)c1. The van der Waals surface area contributed by atoms with Crippen molar-refractivity contribution in [3.05, 3.63) is 71.3 Å². The van der Waals surface area contributed by atoms with E-state index >= 15 is 0 Å². The first-order chi connectivity index (χ1) is 19.8. The van der Waals surface area contributed by atoms with E-state index in [-0.39, 0.29) is 11.8 Å². The Bertz CT molecular complexity index is 1180. The number of rotatable bonds is 13. The fourth-order valence-corrected chi connectivity index (χ4v) is 6.65. The van der Waals surface area contributed by atoms with Crippen molar-refractivity contribution in [1.29, 1.82) is 0 Å². The summed E-state index contributed by atoms with van der Waals surface area (Å²) in [7, 11) is 0. The van der Waals surface area contributed by atoms with Crippen LogP contribution in [0, 0.1) is 5.92 Å². The molecule has 1 saturated carbocycles. The van der Waals surface area contributed by atoms with Gasteiger partial charge in [-0.25, -0.2) is 0 Å². The molecule has 7 heteroatoms. The van der Waals surface area contributed by atoms with Gasteiger partial charge in [0.05, 0.1) is 12.1 Å². The smallest absolute Gasteiger partial charge is 0.243 e. The molecule has 2 amide bonds. The lowest BCUT2D eigenvalue weighted by molar-refractivity contribution is -0.143. The van der Waals surface area contributed by atoms with Crippen LogP contribution in [-0.2, 0) is 22.6 Å². The Morgan fingerprint density at radius 3 is 2.51 bits per heavy atom. The molecule has 0 bridgehead atoms. The Kier molecular flexibility index (Phi) is 9.47. The number of carbonyl (C=O) groups excluding carboxylic acids is 2. The minimum Gasteiger partial charge on any atom is -0.390 e. The molecule has 3 fully saturated rings. The number of nitrogens with one attached hydrogen (secondary N) is 2. The molecule has 2 heterocycles. The zero-order valence-corrected chi connectivity index (χ0v) is 25.0. The number of likely N-dealkylation sites (tertiary alicyclic amines) is 2. The van der Waals surface area contributed by atoms with Crippen molar-refractivity contribution in [1.82, 2.24) is 20.4 Å². The molecule has 2 aromatic rings. The van der Waals surface area contributed by atoms with E-state index < -0.39 is 23.7 Å². The van der Waals surface area contributed by atoms with Gasteiger partial charge in [0.15, 0.2) is 0 Å². The Balaban J connectivity index is 1.21. The van der Waals surface area contributed by atoms with Crippen LogP contribution in [0.3, 0.4) is 0 Å². The van der Waals surface area contributed by atoms with Crippen molar-refractivity contribution in [2.75, 3.05) is 26.2 Å². The highest BCUT2D eigenvalue weighted by atomic mass is 16.3. The van der Waals surface area contributed by atoms with Crippen LogP contribution in [0.1, 0.15) is 75.5 Å². The molecule has 0 unspecified atom stereocenters. The van der Waals surface area contributed by atoms with E-state index in [0.717, 1.165) is 43.8 Å². The largest absolute Gasteiger partial charge is 0.390 e. The van der Waals surface area contributed by atoms with E-state index in [1.54, 1.807) is 4.90 Å². The van der Waals surface area contributed by atoms with Gasteiger partial charge < -0.3 is 20.6 Å². The van der Waals surface area contributed by atoms with Gasteiger partial charge >= 0.3 is 0 Å². The molecule has 2 saturated heterocycles. The molecule has 0 radical (unpaired) electrons. The van der Waals surface area contributed by atoms with Crippen molar-refractivity contribution >= 4 is 11.8 Å². The first-order valence-electron chi connectivity index (χ1n) is 15.6. The number of hydrogen-bond acceptors (Lipinski definition) is 5. The number of amides is 2. The Labute approximate surface area is 245 Å². The number of aliphatic hydroxyl groups excluding tert-OH is 1. The predicted molar refractivity (Wildman–Crippen MR) is 162 cm³/mol. The summed E-state index contributed by atoms with van der Waals surface area (Å²) >= 11 is 0. The molecule has 1 aliphatic carbocycles. The van der Waals surface area contributed by atoms with Crippen LogP contribution >= 0.6 is 0 Å². The molecule has 7 nitrogen and oxygen atoms in total. The zero-order chi connectivity index (χ0) is 29.0. The summed E-state index contributed by atoms with van der Waals surface area (Å²) in [5.74, 6) is 1.11. The standard InChI is InChI=1S/C34H48N4O3/c1-24(2)29-12-7-11-28(19-29)21-35-22-31(39)30(20-26-9-5-4-6-10-26)36-32(40)25(3)38-18-16-34(33(38)41)15-8-17-37(34)23-27-13-14-27/h4-7,9-12,19,24-25,27,30-31,35,39H,8,13-18,20-23H2,1-3H3,(H,36,40)/t25-,30-,31-,34-/m0/s1. The molecule has 5 rings (SSSR count). The quantitative estimate of drug-likeness (QED) is 0.347. The van der Waals surface area contributed by atoms with Crippen LogP contribution in [0.2, 0.25) is 0 Å². The van der Waals surface area contributed by atoms with Crippen molar-refractivity contribution in [3.8, 4) is 0 Å². The fraction of sp³-hybridized carbons (Fsp3) is 0.588. The van der Waals surface area contributed by atoms with Crippen LogP contribution in [0.4, 0.5) is 0 Å². The average molecular weight is 561 g/mol. The Morgan fingerprint density at radius 1 is 1.02 bits per heavy atom. The van der Waals surface area contributed by atoms with E-state index in [1.807, 2.05) is 37.3 Å². The molecule has 2 aliphatic heterocycles. The number of nitrogens with zero attached hydrogens (tertiary/aromatic N) is 2. The van der Waals surface area contributed by atoms with Gasteiger partial charge in [0, 0.05) is 26.2 Å². The highest BCUT2D eigenvalue weighted by Crippen LogP contribution is 2.42. The van der Waals surface area contributed by atoms with E-state index in [9.17, 15) is 14.7 Å². The summed E-state index contributed by atoms with van der Waals surface area (Å²) in [6.45, 7) is 9.79. The van der Waals surface area contributed by atoms with Gasteiger partial charge in [-0.1, -0.05) is 68.4 Å². The number of carbonyl (C=O) groups is 2. The average Bonchev–Trinajstić information content (AvgIpc) is 3.61. The lowest BCUT2D eigenvalue weighted by atomic mass is 9.94. The maximum atomic E-state index is 13.8. The molecule has 222 valence electrons. The van der Waals surface area contributed by atoms with Crippen molar-refractivity contribution in [3.63, 3.8) is 0 Å². The molecular weight excluding hydrogens is 512 g/mol. The van der Waals surface area contributed by atoms with Gasteiger partial charge in [0.25, 0.3) is 0 Å². The summed E-state index contributed by atoms with van der Waals surface area (Å²) in [5, 5.41) is 17.8. The summed E-state index contributed by atoms with van der Waals surface area (Å²) in [4.78, 5) is 31.6. The lowest BCUT2D eigenvalue weighted by Crippen LogP contribution is -2.57. The fourth-order valence-electron chi connectivity index (χ4n) is 6.65. The maximum Gasteiger partial charge on any atom is 0.243 e. The number of hydrogen-bond donors (Lipinski definition) is 3. The second-order valence-electron chi connectivity index (χ2n) is 12.9. The minimum absolute atomic E-state index is 0.115. The van der Waals surface area contributed by atoms with Crippen molar-refractivity contribution in [2.45, 2.75) is 95.5 Å². The summed E-state index contributed by atoms with van der Waals surface area (Å²) in [6.07, 6.45) is 5.01. The maximum absolute atomic E-state index is 13.8. The summed E-state index contributed by atoms with van der Waals surface area (Å²) in [6, 6.07) is 17.4. The van der Waals surface area contributed by atoms with Crippen LogP contribution in [0.15, 0.2) is 54.6 Å². The summed E-state index contributed by atoms with van der Waals surface area (Å²) in [5.41, 5.74) is 3.09. The third kappa shape index (κ3) is 7.02. The Hall–Kier alpha value is -2.74. The van der Waals surface area contributed by atoms with E-state index in [1.165, 1.54) is 24.0 Å². The summed E-state index contributed by atoms with van der Waals surface area (Å²) < 4.78 is 0. The van der Waals surface area contributed by atoms with Crippen LogP contribution in [-0.4, -0.2) is 76.6 Å². The molecule has 2 aromatic carbocycles. The first kappa shape index (κ1) is 29.7. The Morgan fingerprint density at radius 2 is 1.78 bits per heavy atom. The molecule has 1 spiro atoms. The van der Waals surface area contributed by atoms with Crippen LogP contribution < -0.4 is 10.6 Å². The molecule has 3 aliphatic rings. The molecular formula is C34H48N4O3. The van der Waals surface area contributed by atoms with E-state index in [2.05, 4.69) is 53.6 Å². The lowest BCUT2D eigenvalue weighted by Gasteiger charge is -2.35. The number of aliphatic hydroxyl groups is 1. The van der Waals surface area contributed by atoms with Gasteiger partial charge in [-0.05, 0) is 80.5 Å². The van der Waals surface area contributed by atoms with Gasteiger partial charge in [0.2, 0.25) is 11.8 Å². The molecule has 4 atom stereocenters. The second kappa shape index (κ2) is 13.1. The van der Waals surface area contributed by atoms with E-state index in [0.29, 0.717) is 32.0 Å².